The van der Waals surface area contributed by atoms with Gasteiger partial charge < -0.3 is 15.0 Å². The standard InChI is InChI=1S/C21H33N3O2/c1-4-11-24(18-9-12-23(13-10-18)21(25)22-2)19-7-5-16-6-8-20(26-3)15-17(16)14-19/h6,8,15,18-19H,4-5,7,9-14H2,1-3H3,(H,22,25). The van der Waals surface area contributed by atoms with Crippen LogP contribution in [0.15, 0.2) is 18.2 Å². The minimum absolute atomic E-state index is 0.0594. The maximum absolute atomic E-state index is 11.9. The molecule has 1 aromatic carbocycles. The largest absolute Gasteiger partial charge is 0.497 e. The molecule has 2 aliphatic rings. The molecule has 5 heteroatoms. The Bertz CT molecular complexity index is 611. The first-order valence-electron chi connectivity index (χ1n) is 10.0. The summed E-state index contributed by atoms with van der Waals surface area (Å²) in [6, 6.07) is 7.79. The van der Waals surface area contributed by atoms with Crippen LogP contribution in [0.2, 0.25) is 0 Å². The first-order valence-corrected chi connectivity index (χ1v) is 10.0. The molecular weight excluding hydrogens is 326 g/mol. The molecule has 0 bridgehead atoms. The van der Waals surface area contributed by atoms with Crippen LogP contribution in [0.3, 0.4) is 0 Å². The second-order valence-electron chi connectivity index (χ2n) is 7.54. The lowest BCUT2D eigenvalue weighted by molar-refractivity contribution is 0.0751. The molecule has 1 saturated heterocycles. The number of carbonyl (C=O) groups is 1. The van der Waals surface area contributed by atoms with Crippen LogP contribution in [0, 0.1) is 0 Å². The van der Waals surface area contributed by atoms with Crippen molar-refractivity contribution < 1.29 is 9.53 Å². The van der Waals surface area contributed by atoms with Crippen molar-refractivity contribution in [2.24, 2.45) is 0 Å². The minimum atomic E-state index is 0.0594. The van der Waals surface area contributed by atoms with Crippen LogP contribution in [0.4, 0.5) is 4.79 Å². The van der Waals surface area contributed by atoms with Gasteiger partial charge >= 0.3 is 6.03 Å². The number of aryl methyl sites for hydroxylation is 1. The molecule has 2 amide bonds. The van der Waals surface area contributed by atoms with Crippen molar-refractivity contribution in [2.45, 2.75) is 57.5 Å². The number of hydrogen-bond donors (Lipinski definition) is 1. The number of urea groups is 1. The van der Waals surface area contributed by atoms with Gasteiger partial charge in [0.05, 0.1) is 7.11 Å². The number of carbonyl (C=O) groups excluding carboxylic acids is 1. The van der Waals surface area contributed by atoms with E-state index in [1.54, 1.807) is 14.2 Å². The Hall–Kier alpha value is -1.75. The van der Waals surface area contributed by atoms with Gasteiger partial charge in [-0.25, -0.2) is 4.79 Å². The molecule has 1 atom stereocenters. The zero-order chi connectivity index (χ0) is 18.5. The molecule has 1 aliphatic heterocycles. The average molecular weight is 360 g/mol. The van der Waals surface area contributed by atoms with Crippen molar-refractivity contribution in [1.29, 1.82) is 0 Å². The third-order valence-corrected chi connectivity index (χ3v) is 6.00. The van der Waals surface area contributed by atoms with E-state index in [1.165, 1.54) is 24.0 Å². The highest BCUT2D eigenvalue weighted by Crippen LogP contribution is 2.30. The third-order valence-electron chi connectivity index (χ3n) is 6.00. The van der Waals surface area contributed by atoms with E-state index >= 15 is 0 Å². The van der Waals surface area contributed by atoms with Gasteiger partial charge in [0, 0.05) is 32.2 Å². The van der Waals surface area contributed by atoms with E-state index in [0.29, 0.717) is 12.1 Å². The van der Waals surface area contributed by atoms with Crippen molar-refractivity contribution in [3.63, 3.8) is 0 Å². The number of hydrogen-bond acceptors (Lipinski definition) is 3. The van der Waals surface area contributed by atoms with Gasteiger partial charge in [-0.3, -0.25) is 4.90 Å². The molecule has 0 aromatic heterocycles. The zero-order valence-corrected chi connectivity index (χ0v) is 16.5. The van der Waals surface area contributed by atoms with Gasteiger partial charge in [-0.2, -0.15) is 0 Å². The predicted octanol–water partition coefficient (Wildman–Crippen LogP) is 3.07. The highest BCUT2D eigenvalue weighted by molar-refractivity contribution is 5.73. The summed E-state index contributed by atoms with van der Waals surface area (Å²) in [5, 5.41) is 2.75. The molecule has 0 radical (unpaired) electrons. The number of fused-ring (bicyclic) bond motifs is 1. The summed E-state index contributed by atoms with van der Waals surface area (Å²) in [7, 11) is 3.46. The van der Waals surface area contributed by atoms with E-state index in [1.807, 2.05) is 4.90 Å². The fourth-order valence-electron chi connectivity index (χ4n) is 4.60. The number of piperidine rings is 1. The van der Waals surface area contributed by atoms with Crippen molar-refractivity contribution >= 4 is 6.03 Å². The molecule has 1 aromatic rings. The molecule has 0 spiro atoms. The quantitative estimate of drug-likeness (QED) is 0.879. The lowest BCUT2D eigenvalue weighted by atomic mass is 9.86. The lowest BCUT2D eigenvalue weighted by Crippen LogP contribution is -2.52. The summed E-state index contributed by atoms with van der Waals surface area (Å²) >= 11 is 0. The summed E-state index contributed by atoms with van der Waals surface area (Å²) in [6.45, 7) is 5.14. The minimum Gasteiger partial charge on any atom is -0.497 e. The Morgan fingerprint density at radius 2 is 2.00 bits per heavy atom. The Kier molecular flexibility index (Phi) is 6.41. The van der Waals surface area contributed by atoms with Crippen molar-refractivity contribution in [2.75, 3.05) is 33.8 Å². The van der Waals surface area contributed by atoms with Gasteiger partial charge in [-0.15, -0.1) is 0 Å². The number of amides is 2. The van der Waals surface area contributed by atoms with E-state index in [4.69, 9.17) is 4.74 Å². The van der Waals surface area contributed by atoms with Crippen molar-refractivity contribution in [3.8, 4) is 5.75 Å². The van der Waals surface area contributed by atoms with Crippen LogP contribution >= 0.6 is 0 Å². The van der Waals surface area contributed by atoms with Crippen LogP contribution in [0.5, 0.6) is 5.75 Å². The second kappa shape index (κ2) is 8.76. The first-order chi connectivity index (χ1) is 12.7. The topological polar surface area (TPSA) is 44.8 Å². The molecule has 26 heavy (non-hydrogen) atoms. The maximum atomic E-state index is 11.9. The number of nitrogens with zero attached hydrogens (tertiary/aromatic N) is 2. The average Bonchev–Trinajstić information content (AvgIpc) is 2.70. The van der Waals surface area contributed by atoms with Gasteiger partial charge in [0.15, 0.2) is 0 Å². The predicted molar refractivity (Wildman–Crippen MR) is 105 cm³/mol. The summed E-state index contributed by atoms with van der Waals surface area (Å²) in [4.78, 5) is 16.5. The number of nitrogens with one attached hydrogen (secondary N) is 1. The maximum Gasteiger partial charge on any atom is 0.317 e. The van der Waals surface area contributed by atoms with Crippen molar-refractivity contribution in [1.82, 2.24) is 15.1 Å². The van der Waals surface area contributed by atoms with E-state index in [0.717, 1.165) is 51.1 Å². The Morgan fingerprint density at radius 1 is 1.23 bits per heavy atom. The molecule has 144 valence electrons. The van der Waals surface area contributed by atoms with E-state index in [2.05, 4.69) is 35.3 Å². The van der Waals surface area contributed by atoms with Gasteiger partial charge in [-0.05, 0) is 68.3 Å². The molecule has 1 heterocycles. The summed E-state index contributed by atoms with van der Waals surface area (Å²) < 4.78 is 5.43. The van der Waals surface area contributed by atoms with E-state index < -0.39 is 0 Å². The Balaban J connectivity index is 1.67. The lowest BCUT2D eigenvalue weighted by Gasteiger charge is -2.44. The third kappa shape index (κ3) is 4.14. The van der Waals surface area contributed by atoms with Crippen LogP contribution in [-0.4, -0.2) is 61.7 Å². The van der Waals surface area contributed by atoms with Crippen LogP contribution in [0.1, 0.15) is 43.7 Å². The monoisotopic (exact) mass is 359 g/mol. The molecule has 1 unspecified atom stereocenters. The number of likely N-dealkylation sites (tertiary alicyclic amines) is 1. The van der Waals surface area contributed by atoms with Gasteiger partial charge in [-0.1, -0.05) is 13.0 Å². The first kappa shape index (κ1) is 19.0. The van der Waals surface area contributed by atoms with Gasteiger partial charge in [0.1, 0.15) is 5.75 Å². The molecule has 3 rings (SSSR count). The number of rotatable bonds is 5. The normalized spacial score (nSPS) is 20.8. The highest BCUT2D eigenvalue weighted by Gasteiger charge is 2.32. The van der Waals surface area contributed by atoms with E-state index in [9.17, 15) is 4.79 Å². The van der Waals surface area contributed by atoms with Crippen molar-refractivity contribution in [3.05, 3.63) is 29.3 Å². The number of benzene rings is 1. The molecule has 1 aliphatic carbocycles. The molecule has 1 fully saturated rings. The second-order valence-corrected chi connectivity index (χ2v) is 7.54. The van der Waals surface area contributed by atoms with Crippen LogP contribution in [-0.2, 0) is 12.8 Å². The van der Waals surface area contributed by atoms with Gasteiger partial charge in [0.2, 0.25) is 0 Å². The molecule has 1 N–H and O–H groups in total. The fourth-order valence-corrected chi connectivity index (χ4v) is 4.60. The molecular formula is C21H33N3O2. The summed E-state index contributed by atoms with van der Waals surface area (Å²) in [6.07, 6.45) is 6.83. The summed E-state index contributed by atoms with van der Waals surface area (Å²) in [5.41, 5.74) is 2.93. The zero-order valence-electron chi connectivity index (χ0n) is 16.5. The smallest absolute Gasteiger partial charge is 0.317 e. The highest BCUT2D eigenvalue weighted by atomic mass is 16.5. The molecule has 5 nitrogen and oxygen atoms in total. The van der Waals surface area contributed by atoms with Crippen LogP contribution in [0.25, 0.3) is 0 Å². The fraction of sp³-hybridized carbons (Fsp3) is 0.667. The van der Waals surface area contributed by atoms with Crippen LogP contribution < -0.4 is 10.1 Å². The SMILES string of the molecule is CCCN(C1CCN(C(=O)NC)CC1)C1CCc2ccc(OC)cc2C1. The molecule has 0 saturated carbocycles. The number of methoxy groups -OCH3 is 1. The van der Waals surface area contributed by atoms with E-state index in [-0.39, 0.29) is 6.03 Å². The number of ether oxygens (including phenoxy) is 1. The van der Waals surface area contributed by atoms with Gasteiger partial charge in [0.25, 0.3) is 0 Å². The Labute approximate surface area is 157 Å². The summed E-state index contributed by atoms with van der Waals surface area (Å²) in [5.74, 6) is 0.963. The Morgan fingerprint density at radius 3 is 2.65 bits per heavy atom.